The van der Waals surface area contributed by atoms with Crippen molar-refractivity contribution in [3.8, 4) is 5.75 Å². The number of aliphatic imine (C=N–C) groups is 1. The third kappa shape index (κ3) is 6.24. The number of carbonyl (C=O) groups is 1. The highest BCUT2D eigenvalue weighted by Gasteiger charge is 2.20. The maximum absolute atomic E-state index is 11.5. The summed E-state index contributed by atoms with van der Waals surface area (Å²) in [4.78, 5) is 20.4. The topological polar surface area (TPSA) is 57.2 Å². The molecule has 1 amide bonds. The number of ether oxygens (including phenoxy) is 1. The summed E-state index contributed by atoms with van der Waals surface area (Å²) in [5.74, 6) is 1.90. The predicted molar refractivity (Wildman–Crippen MR) is 116 cm³/mol. The minimum Gasteiger partial charge on any atom is -0.489 e. The summed E-state index contributed by atoms with van der Waals surface area (Å²) in [7, 11) is 0. The normalized spacial score (nSPS) is 14.6. The number of piperazine rings is 1. The molecule has 0 saturated carbocycles. The smallest absolute Gasteiger partial charge is 0.219 e. The summed E-state index contributed by atoms with van der Waals surface area (Å²) < 4.78 is 5.85. The molecule has 0 aromatic heterocycles. The molecule has 6 nitrogen and oxygen atoms in total. The van der Waals surface area contributed by atoms with Crippen molar-refractivity contribution in [3.05, 3.63) is 65.7 Å². The SMILES string of the molecule is CCNC(=NCc1ccc(OCc2ccccc2)cc1)N1CCN(C(C)=O)CC1. The van der Waals surface area contributed by atoms with Gasteiger partial charge in [-0.25, -0.2) is 4.99 Å². The van der Waals surface area contributed by atoms with Gasteiger partial charge in [-0.3, -0.25) is 4.79 Å². The molecule has 154 valence electrons. The molecule has 0 aliphatic carbocycles. The van der Waals surface area contributed by atoms with E-state index in [0.717, 1.165) is 55.6 Å². The fraction of sp³-hybridized carbons (Fsp3) is 0.391. The van der Waals surface area contributed by atoms with Crippen LogP contribution in [0.4, 0.5) is 0 Å². The second-order valence-corrected chi connectivity index (χ2v) is 7.08. The van der Waals surface area contributed by atoms with Crippen molar-refractivity contribution in [1.29, 1.82) is 0 Å². The second-order valence-electron chi connectivity index (χ2n) is 7.08. The van der Waals surface area contributed by atoms with Gasteiger partial charge in [0.2, 0.25) is 5.91 Å². The van der Waals surface area contributed by atoms with Gasteiger partial charge in [-0.1, -0.05) is 42.5 Å². The minimum absolute atomic E-state index is 0.140. The monoisotopic (exact) mass is 394 g/mol. The fourth-order valence-electron chi connectivity index (χ4n) is 3.26. The molecule has 1 fully saturated rings. The van der Waals surface area contributed by atoms with Gasteiger partial charge >= 0.3 is 0 Å². The number of hydrogen-bond acceptors (Lipinski definition) is 3. The molecule has 1 N–H and O–H groups in total. The zero-order valence-electron chi connectivity index (χ0n) is 17.3. The number of guanidine groups is 1. The highest BCUT2D eigenvalue weighted by Crippen LogP contribution is 2.15. The van der Waals surface area contributed by atoms with Gasteiger partial charge < -0.3 is 19.9 Å². The molecule has 1 aliphatic heterocycles. The standard InChI is InChI=1S/C23H30N4O2/c1-3-24-23(27-15-13-26(14-16-27)19(2)28)25-17-20-9-11-22(12-10-20)29-18-21-7-5-4-6-8-21/h4-12H,3,13-18H2,1-2H3,(H,24,25). The maximum Gasteiger partial charge on any atom is 0.219 e. The van der Waals surface area contributed by atoms with E-state index in [0.29, 0.717) is 13.2 Å². The van der Waals surface area contributed by atoms with Crippen molar-refractivity contribution in [1.82, 2.24) is 15.1 Å². The lowest BCUT2D eigenvalue weighted by Gasteiger charge is -2.36. The first-order chi connectivity index (χ1) is 14.2. The molecule has 0 bridgehead atoms. The van der Waals surface area contributed by atoms with E-state index in [2.05, 4.69) is 41.4 Å². The molecule has 0 atom stereocenters. The number of amides is 1. The van der Waals surface area contributed by atoms with E-state index in [1.165, 1.54) is 0 Å². The molecule has 1 saturated heterocycles. The lowest BCUT2D eigenvalue weighted by Crippen LogP contribution is -2.53. The Balaban J connectivity index is 1.54. The highest BCUT2D eigenvalue weighted by atomic mass is 16.5. The van der Waals surface area contributed by atoms with Crippen LogP contribution < -0.4 is 10.1 Å². The number of nitrogens with zero attached hydrogens (tertiary/aromatic N) is 3. The maximum atomic E-state index is 11.5. The van der Waals surface area contributed by atoms with E-state index >= 15 is 0 Å². The van der Waals surface area contributed by atoms with Crippen LogP contribution in [0, 0.1) is 0 Å². The van der Waals surface area contributed by atoms with E-state index in [1.54, 1.807) is 6.92 Å². The Morgan fingerprint density at radius 2 is 1.62 bits per heavy atom. The molecule has 2 aromatic carbocycles. The Hall–Kier alpha value is -3.02. The third-order valence-electron chi connectivity index (χ3n) is 4.94. The van der Waals surface area contributed by atoms with E-state index in [4.69, 9.17) is 9.73 Å². The first-order valence-electron chi connectivity index (χ1n) is 10.2. The first-order valence-corrected chi connectivity index (χ1v) is 10.2. The van der Waals surface area contributed by atoms with Gasteiger partial charge in [0.05, 0.1) is 6.54 Å². The van der Waals surface area contributed by atoms with Crippen LogP contribution in [-0.2, 0) is 17.9 Å². The molecule has 1 heterocycles. The van der Waals surface area contributed by atoms with Crippen LogP contribution in [0.1, 0.15) is 25.0 Å². The average molecular weight is 395 g/mol. The summed E-state index contributed by atoms with van der Waals surface area (Å²) in [5, 5.41) is 3.36. The quantitative estimate of drug-likeness (QED) is 0.605. The molecule has 2 aromatic rings. The minimum atomic E-state index is 0.140. The van der Waals surface area contributed by atoms with Crippen LogP contribution >= 0.6 is 0 Å². The van der Waals surface area contributed by atoms with Gasteiger partial charge in [0.25, 0.3) is 0 Å². The lowest BCUT2D eigenvalue weighted by atomic mass is 10.2. The first kappa shape index (κ1) is 20.7. The van der Waals surface area contributed by atoms with Crippen molar-refractivity contribution in [2.24, 2.45) is 4.99 Å². The number of hydrogen-bond donors (Lipinski definition) is 1. The Bertz CT molecular complexity index is 797. The van der Waals surface area contributed by atoms with Gasteiger partial charge in [0.1, 0.15) is 12.4 Å². The Morgan fingerprint density at radius 3 is 2.24 bits per heavy atom. The van der Waals surface area contributed by atoms with Crippen LogP contribution in [0.25, 0.3) is 0 Å². The van der Waals surface area contributed by atoms with Crippen molar-refractivity contribution in [2.45, 2.75) is 27.0 Å². The predicted octanol–water partition coefficient (Wildman–Crippen LogP) is 2.90. The second kappa shape index (κ2) is 10.5. The van der Waals surface area contributed by atoms with Crippen molar-refractivity contribution < 1.29 is 9.53 Å². The molecular formula is C23H30N4O2. The van der Waals surface area contributed by atoms with Crippen molar-refractivity contribution in [2.75, 3.05) is 32.7 Å². The van der Waals surface area contributed by atoms with Crippen LogP contribution in [0.5, 0.6) is 5.75 Å². The van der Waals surface area contributed by atoms with Gasteiger partial charge in [0.15, 0.2) is 5.96 Å². The molecule has 6 heteroatoms. The number of rotatable bonds is 6. The molecule has 0 spiro atoms. The molecule has 29 heavy (non-hydrogen) atoms. The van der Waals surface area contributed by atoms with Crippen molar-refractivity contribution >= 4 is 11.9 Å². The van der Waals surface area contributed by atoms with Gasteiger partial charge in [-0.2, -0.15) is 0 Å². The van der Waals surface area contributed by atoms with Crippen LogP contribution in [0.3, 0.4) is 0 Å². The molecule has 0 unspecified atom stereocenters. The largest absolute Gasteiger partial charge is 0.489 e. The van der Waals surface area contributed by atoms with E-state index in [9.17, 15) is 4.79 Å². The summed E-state index contributed by atoms with van der Waals surface area (Å²) in [6.07, 6.45) is 0. The summed E-state index contributed by atoms with van der Waals surface area (Å²) in [6, 6.07) is 18.2. The van der Waals surface area contributed by atoms with Crippen LogP contribution in [0.15, 0.2) is 59.6 Å². The summed E-state index contributed by atoms with van der Waals surface area (Å²) >= 11 is 0. The molecule has 3 rings (SSSR count). The Morgan fingerprint density at radius 1 is 0.966 bits per heavy atom. The van der Waals surface area contributed by atoms with E-state index < -0.39 is 0 Å². The number of benzene rings is 2. The highest BCUT2D eigenvalue weighted by molar-refractivity contribution is 5.80. The zero-order chi connectivity index (χ0) is 20.5. The van der Waals surface area contributed by atoms with Crippen LogP contribution in [0.2, 0.25) is 0 Å². The third-order valence-corrected chi connectivity index (χ3v) is 4.94. The van der Waals surface area contributed by atoms with Gasteiger partial charge in [0, 0.05) is 39.6 Å². The molecular weight excluding hydrogens is 364 g/mol. The van der Waals surface area contributed by atoms with Gasteiger partial charge in [-0.15, -0.1) is 0 Å². The van der Waals surface area contributed by atoms with Crippen molar-refractivity contribution in [3.63, 3.8) is 0 Å². The number of carbonyl (C=O) groups excluding carboxylic acids is 1. The lowest BCUT2D eigenvalue weighted by molar-refractivity contribution is -0.130. The number of nitrogens with one attached hydrogen (secondary N) is 1. The molecule has 0 radical (unpaired) electrons. The van der Waals surface area contributed by atoms with Gasteiger partial charge in [-0.05, 0) is 30.2 Å². The van der Waals surface area contributed by atoms with E-state index in [-0.39, 0.29) is 5.91 Å². The molecule has 1 aliphatic rings. The fourth-order valence-corrected chi connectivity index (χ4v) is 3.26. The average Bonchev–Trinajstić information content (AvgIpc) is 2.77. The van der Waals surface area contributed by atoms with E-state index in [1.807, 2.05) is 35.2 Å². The Labute approximate surface area is 173 Å². The summed E-state index contributed by atoms with van der Waals surface area (Å²) in [6.45, 7) is 8.78. The van der Waals surface area contributed by atoms with Crippen LogP contribution in [-0.4, -0.2) is 54.4 Å². The summed E-state index contributed by atoms with van der Waals surface area (Å²) in [5.41, 5.74) is 2.29. The Kier molecular flexibility index (Phi) is 7.50. The zero-order valence-corrected chi connectivity index (χ0v) is 17.3.